The number of benzene rings is 1. The number of hydrogen-bond acceptors (Lipinski definition) is 5. The van der Waals surface area contributed by atoms with E-state index in [0.29, 0.717) is 17.9 Å². The lowest BCUT2D eigenvalue weighted by molar-refractivity contribution is -0.136. The van der Waals surface area contributed by atoms with E-state index >= 15 is 0 Å². The van der Waals surface area contributed by atoms with Crippen molar-refractivity contribution in [2.24, 2.45) is 0 Å². The molecule has 0 unspecified atom stereocenters. The van der Waals surface area contributed by atoms with E-state index in [1.807, 2.05) is 0 Å². The van der Waals surface area contributed by atoms with Crippen LogP contribution in [0.25, 0.3) is 6.08 Å². The average molecular weight is 345 g/mol. The first-order chi connectivity index (χ1) is 11.9. The van der Waals surface area contributed by atoms with Gasteiger partial charge in [-0.2, -0.15) is 0 Å². The molecule has 0 saturated heterocycles. The predicted octanol–water partition coefficient (Wildman–Crippen LogP) is 1.70. The van der Waals surface area contributed by atoms with Gasteiger partial charge in [0, 0.05) is 19.4 Å². The van der Waals surface area contributed by atoms with Crippen LogP contribution >= 0.6 is 0 Å². The maximum atomic E-state index is 12.7. The molecule has 1 heterocycles. The molecule has 0 aliphatic carbocycles. The zero-order chi connectivity index (χ0) is 18.6. The highest BCUT2D eigenvalue weighted by Gasteiger charge is 2.36. The third-order valence-electron chi connectivity index (χ3n) is 3.91. The summed E-state index contributed by atoms with van der Waals surface area (Å²) < 4.78 is 9.78. The summed E-state index contributed by atoms with van der Waals surface area (Å²) in [6.45, 7) is 2.22. The molecule has 0 radical (unpaired) electrons. The van der Waals surface area contributed by atoms with Gasteiger partial charge in [-0.15, -0.1) is 0 Å². The Morgan fingerprint density at radius 2 is 1.92 bits per heavy atom. The van der Waals surface area contributed by atoms with Crippen molar-refractivity contribution >= 4 is 23.9 Å². The molecule has 1 aromatic rings. The number of carbonyl (C=O) groups is 3. The SMILES string of the molecule is COCCN1C(=O)/C(=C\c2ccccc2C(=O)O)C(C(=O)OC)=C1C. The maximum Gasteiger partial charge on any atom is 0.340 e. The number of esters is 1. The van der Waals surface area contributed by atoms with Gasteiger partial charge >= 0.3 is 11.9 Å². The van der Waals surface area contributed by atoms with Crippen LogP contribution in [0.15, 0.2) is 41.1 Å². The number of rotatable bonds is 6. The van der Waals surface area contributed by atoms with Gasteiger partial charge in [0.2, 0.25) is 0 Å². The third-order valence-corrected chi connectivity index (χ3v) is 3.91. The number of hydrogen-bond donors (Lipinski definition) is 1. The van der Waals surface area contributed by atoms with E-state index in [4.69, 9.17) is 9.47 Å². The Hall–Kier alpha value is -2.93. The Labute approximate surface area is 145 Å². The van der Waals surface area contributed by atoms with E-state index in [-0.39, 0.29) is 23.3 Å². The Balaban J connectivity index is 2.56. The molecule has 7 nitrogen and oxygen atoms in total. The van der Waals surface area contributed by atoms with Crippen molar-refractivity contribution < 1.29 is 29.0 Å². The largest absolute Gasteiger partial charge is 0.478 e. The predicted molar refractivity (Wildman–Crippen MR) is 89.7 cm³/mol. The van der Waals surface area contributed by atoms with Crippen molar-refractivity contribution in [1.82, 2.24) is 4.90 Å². The van der Waals surface area contributed by atoms with Gasteiger partial charge in [-0.25, -0.2) is 9.59 Å². The Morgan fingerprint density at radius 1 is 1.24 bits per heavy atom. The Bertz CT molecular complexity index is 778. The van der Waals surface area contributed by atoms with Gasteiger partial charge < -0.3 is 19.5 Å². The molecule has 0 atom stereocenters. The Morgan fingerprint density at radius 3 is 2.52 bits per heavy atom. The molecule has 0 saturated carbocycles. The number of carboxylic acid groups (broad SMARTS) is 1. The molecule has 7 heteroatoms. The highest BCUT2D eigenvalue weighted by atomic mass is 16.5. The normalized spacial score (nSPS) is 15.9. The zero-order valence-electron chi connectivity index (χ0n) is 14.2. The van der Waals surface area contributed by atoms with Gasteiger partial charge in [0.25, 0.3) is 5.91 Å². The fraction of sp³-hybridized carbons (Fsp3) is 0.278. The molecule has 2 rings (SSSR count). The van der Waals surface area contributed by atoms with Crippen LogP contribution < -0.4 is 0 Å². The molecule has 0 aromatic heterocycles. The molecular weight excluding hydrogens is 326 g/mol. The number of carbonyl (C=O) groups excluding carboxylic acids is 2. The van der Waals surface area contributed by atoms with Crippen molar-refractivity contribution in [1.29, 1.82) is 0 Å². The second-order valence-electron chi connectivity index (χ2n) is 5.35. The summed E-state index contributed by atoms with van der Waals surface area (Å²) in [6.07, 6.45) is 1.41. The molecule has 132 valence electrons. The molecular formula is C18H19NO6. The minimum atomic E-state index is -1.12. The van der Waals surface area contributed by atoms with Gasteiger partial charge in [-0.05, 0) is 24.6 Å². The summed E-state index contributed by atoms with van der Waals surface area (Å²) in [6, 6.07) is 6.27. The van der Waals surface area contributed by atoms with Crippen LogP contribution in [-0.2, 0) is 19.1 Å². The quantitative estimate of drug-likeness (QED) is 0.623. The average Bonchev–Trinajstić information content (AvgIpc) is 2.83. The van der Waals surface area contributed by atoms with Crippen LogP contribution in [0.4, 0.5) is 0 Å². The lowest BCUT2D eigenvalue weighted by Crippen LogP contribution is -2.28. The summed E-state index contributed by atoms with van der Waals surface area (Å²) >= 11 is 0. The number of carboxylic acids is 1. The number of amides is 1. The molecule has 25 heavy (non-hydrogen) atoms. The van der Waals surface area contributed by atoms with Crippen molar-refractivity contribution in [3.05, 3.63) is 52.2 Å². The monoisotopic (exact) mass is 345 g/mol. The smallest absolute Gasteiger partial charge is 0.340 e. The van der Waals surface area contributed by atoms with Crippen molar-refractivity contribution in [3.8, 4) is 0 Å². The van der Waals surface area contributed by atoms with Gasteiger partial charge in [0.1, 0.15) is 0 Å². The second kappa shape index (κ2) is 7.76. The zero-order valence-corrected chi connectivity index (χ0v) is 14.2. The van der Waals surface area contributed by atoms with Crippen LogP contribution in [0.3, 0.4) is 0 Å². The molecule has 0 fully saturated rings. The first kappa shape index (κ1) is 18.4. The lowest BCUT2D eigenvalue weighted by Gasteiger charge is -2.16. The van der Waals surface area contributed by atoms with Gasteiger partial charge in [0.05, 0.1) is 30.4 Å². The Kier molecular flexibility index (Phi) is 5.71. The number of methoxy groups -OCH3 is 2. The topological polar surface area (TPSA) is 93.1 Å². The van der Waals surface area contributed by atoms with Crippen molar-refractivity contribution in [3.63, 3.8) is 0 Å². The van der Waals surface area contributed by atoms with Crippen LogP contribution in [0.2, 0.25) is 0 Å². The minimum absolute atomic E-state index is 0.0417. The lowest BCUT2D eigenvalue weighted by atomic mass is 10.0. The molecule has 1 aromatic carbocycles. The van der Waals surface area contributed by atoms with Crippen LogP contribution in [0.1, 0.15) is 22.8 Å². The van der Waals surface area contributed by atoms with Crippen LogP contribution in [0.5, 0.6) is 0 Å². The fourth-order valence-electron chi connectivity index (χ4n) is 2.65. The highest BCUT2D eigenvalue weighted by molar-refractivity contribution is 6.16. The first-order valence-corrected chi connectivity index (χ1v) is 7.56. The second-order valence-corrected chi connectivity index (χ2v) is 5.35. The molecule has 1 aliphatic rings. The molecule has 0 spiro atoms. The first-order valence-electron chi connectivity index (χ1n) is 7.56. The highest BCUT2D eigenvalue weighted by Crippen LogP contribution is 2.31. The fourth-order valence-corrected chi connectivity index (χ4v) is 2.65. The van der Waals surface area contributed by atoms with E-state index in [9.17, 15) is 19.5 Å². The molecule has 0 bridgehead atoms. The summed E-state index contributed by atoms with van der Waals surface area (Å²) in [5, 5.41) is 9.30. The van der Waals surface area contributed by atoms with Crippen molar-refractivity contribution in [2.45, 2.75) is 6.92 Å². The summed E-state index contributed by atoms with van der Waals surface area (Å²) in [5.74, 6) is -2.16. The van der Waals surface area contributed by atoms with Crippen molar-refractivity contribution in [2.75, 3.05) is 27.4 Å². The van der Waals surface area contributed by atoms with E-state index < -0.39 is 17.8 Å². The van der Waals surface area contributed by atoms with Crippen LogP contribution in [-0.4, -0.2) is 55.2 Å². The number of ether oxygens (including phenoxy) is 2. The van der Waals surface area contributed by atoms with Gasteiger partial charge in [-0.1, -0.05) is 18.2 Å². The summed E-state index contributed by atoms with van der Waals surface area (Å²) in [4.78, 5) is 37.7. The molecule has 1 aliphatic heterocycles. The van der Waals surface area contributed by atoms with E-state index in [0.717, 1.165) is 0 Å². The number of allylic oxidation sites excluding steroid dienone is 1. The minimum Gasteiger partial charge on any atom is -0.478 e. The van der Waals surface area contributed by atoms with E-state index in [1.54, 1.807) is 25.1 Å². The standard InChI is InChI=1S/C18H19NO6/c1-11-15(18(23)25-3)14(16(20)19(11)8-9-24-2)10-12-6-4-5-7-13(12)17(21)22/h4-7,10H,8-9H2,1-3H3,(H,21,22)/b14-10-. The van der Waals surface area contributed by atoms with Gasteiger partial charge in [0.15, 0.2) is 0 Å². The summed E-state index contributed by atoms with van der Waals surface area (Å²) in [7, 11) is 2.74. The van der Waals surface area contributed by atoms with E-state index in [2.05, 4.69) is 0 Å². The number of aromatic carboxylic acids is 1. The van der Waals surface area contributed by atoms with E-state index in [1.165, 1.54) is 31.3 Å². The summed E-state index contributed by atoms with van der Waals surface area (Å²) in [5.41, 5.74) is 1.06. The molecule has 1 N–H and O–H groups in total. The maximum absolute atomic E-state index is 12.7. The van der Waals surface area contributed by atoms with Gasteiger partial charge in [-0.3, -0.25) is 4.79 Å². The van der Waals surface area contributed by atoms with Crippen LogP contribution in [0, 0.1) is 0 Å². The third kappa shape index (κ3) is 3.61. The molecule has 1 amide bonds. The number of nitrogens with zero attached hydrogens (tertiary/aromatic N) is 1.